The van der Waals surface area contributed by atoms with Gasteiger partial charge in [0.1, 0.15) is 0 Å². The Kier molecular flexibility index (Phi) is 5.10. The second-order valence-corrected chi connectivity index (χ2v) is 6.22. The average molecular weight is 287 g/mol. The van der Waals surface area contributed by atoms with Gasteiger partial charge in [-0.05, 0) is 37.1 Å². The summed E-state index contributed by atoms with van der Waals surface area (Å²) in [5, 5.41) is 10.1. The highest BCUT2D eigenvalue weighted by atomic mass is 32.2. The van der Waals surface area contributed by atoms with Gasteiger partial charge in [-0.15, -0.1) is 0 Å². The van der Waals surface area contributed by atoms with Crippen molar-refractivity contribution in [2.24, 2.45) is 0 Å². The minimum atomic E-state index is -0.438. The van der Waals surface area contributed by atoms with Crippen LogP contribution in [0.2, 0.25) is 0 Å². The number of anilines is 1. The Balaban J connectivity index is 1.87. The lowest BCUT2D eigenvalue weighted by Crippen LogP contribution is -2.01. The molecular formula is C17H21NOS. The van der Waals surface area contributed by atoms with Crippen LogP contribution in [0.25, 0.3) is 0 Å². The number of nitrogens with two attached hydrogens (primary N) is 1. The van der Waals surface area contributed by atoms with Gasteiger partial charge in [0.2, 0.25) is 0 Å². The highest BCUT2D eigenvalue weighted by Crippen LogP contribution is 2.22. The minimum absolute atomic E-state index is 0.438. The first-order valence-electron chi connectivity index (χ1n) is 6.73. The highest BCUT2D eigenvalue weighted by molar-refractivity contribution is 7.98. The molecule has 2 rings (SSSR count). The quantitative estimate of drug-likeness (QED) is 0.821. The Morgan fingerprint density at radius 3 is 2.25 bits per heavy atom. The Bertz CT molecular complexity index is 545. The van der Waals surface area contributed by atoms with Crippen molar-refractivity contribution in [2.45, 2.75) is 25.7 Å². The molecule has 20 heavy (non-hydrogen) atoms. The maximum atomic E-state index is 10.1. The van der Waals surface area contributed by atoms with Gasteiger partial charge in [0, 0.05) is 17.2 Å². The van der Waals surface area contributed by atoms with Crippen LogP contribution in [0.3, 0.4) is 0 Å². The van der Waals surface area contributed by atoms with Crippen LogP contribution >= 0.6 is 11.8 Å². The normalized spacial score (nSPS) is 12.3. The molecule has 0 aliphatic carbocycles. The molecule has 0 saturated carbocycles. The van der Waals surface area contributed by atoms with E-state index in [0.717, 1.165) is 17.0 Å². The summed E-state index contributed by atoms with van der Waals surface area (Å²) in [5.74, 6) is 1.62. The molecule has 0 radical (unpaired) electrons. The summed E-state index contributed by atoms with van der Waals surface area (Å²) in [6.07, 6.45) is -0.438. The molecule has 0 saturated heterocycles. The van der Waals surface area contributed by atoms with Crippen LogP contribution in [0.15, 0.2) is 42.5 Å². The molecule has 106 valence electrons. The van der Waals surface area contributed by atoms with Gasteiger partial charge < -0.3 is 10.8 Å². The third-order valence-corrected chi connectivity index (χ3v) is 4.24. The van der Waals surface area contributed by atoms with E-state index in [2.05, 4.69) is 32.0 Å². The number of aliphatic hydroxyl groups excluding tert-OH is 1. The van der Waals surface area contributed by atoms with E-state index in [0.29, 0.717) is 5.75 Å². The molecule has 3 N–H and O–H groups in total. The van der Waals surface area contributed by atoms with Crippen molar-refractivity contribution in [3.8, 4) is 0 Å². The third-order valence-electron chi connectivity index (χ3n) is 3.15. The lowest BCUT2D eigenvalue weighted by atomic mass is 10.1. The van der Waals surface area contributed by atoms with E-state index in [1.807, 2.05) is 24.3 Å². The fourth-order valence-electron chi connectivity index (χ4n) is 2.26. The molecule has 0 bridgehead atoms. The fraction of sp³-hybridized carbons (Fsp3) is 0.294. The molecule has 0 aliphatic rings. The van der Waals surface area contributed by atoms with Crippen LogP contribution in [0.5, 0.6) is 0 Å². The van der Waals surface area contributed by atoms with Crippen LogP contribution < -0.4 is 5.73 Å². The smallest absolute Gasteiger partial charge is 0.0880 e. The van der Waals surface area contributed by atoms with Gasteiger partial charge in [-0.3, -0.25) is 0 Å². The average Bonchev–Trinajstić information content (AvgIpc) is 2.38. The lowest BCUT2D eigenvalue weighted by molar-refractivity contribution is 0.204. The van der Waals surface area contributed by atoms with Crippen molar-refractivity contribution >= 4 is 17.4 Å². The van der Waals surface area contributed by atoms with Crippen molar-refractivity contribution < 1.29 is 5.11 Å². The van der Waals surface area contributed by atoms with Crippen LogP contribution in [-0.2, 0) is 5.75 Å². The number of thioether (sulfide) groups is 1. The van der Waals surface area contributed by atoms with Gasteiger partial charge in [0.05, 0.1) is 6.10 Å². The van der Waals surface area contributed by atoms with E-state index >= 15 is 0 Å². The number of aryl methyl sites for hydroxylation is 2. The van der Waals surface area contributed by atoms with Crippen molar-refractivity contribution in [3.63, 3.8) is 0 Å². The molecule has 2 nitrogen and oxygen atoms in total. The number of hydrogen-bond donors (Lipinski definition) is 2. The van der Waals surface area contributed by atoms with E-state index in [4.69, 9.17) is 5.73 Å². The van der Waals surface area contributed by atoms with Crippen molar-refractivity contribution in [1.82, 2.24) is 0 Å². The summed E-state index contributed by atoms with van der Waals surface area (Å²) in [4.78, 5) is 0. The summed E-state index contributed by atoms with van der Waals surface area (Å²) in [7, 11) is 0. The standard InChI is InChI=1S/C17H21NOS/c1-12-7-13(2)9-14(8-12)10-20-11-17(19)15-3-5-16(18)6-4-15/h3-9,17,19H,10-11,18H2,1-2H3. The number of nitrogen functional groups attached to an aromatic ring is 1. The summed E-state index contributed by atoms with van der Waals surface area (Å²) >= 11 is 1.75. The van der Waals surface area contributed by atoms with Gasteiger partial charge in [-0.25, -0.2) is 0 Å². The molecule has 1 atom stereocenters. The van der Waals surface area contributed by atoms with E-state index in [1.165, 1.54) is 16.7 Å². The van der Waals surface area contributed by atoms with E-state index in [-0.39, 0.29) is 0 Å². The van der Waals surface area contributed by atoms with Crippen LogP contribution in [0, 0.1) is 13.8 Å². The van der Waals surface area contributed by atoms with Crippen LogP contribution in [0.4, 0.5) is 5.69 Å². The number of rotatable bonds is 5. The summed E-state index contributed by atoms with van der Waals surface area (Å²) in [6, 6.07) is 14.0. The Morgan fingerprint density at radius 1 is 1.05 bits per heavy atom. The minimum Gasteiger partial charge on any atom is -0.399 e. The lowest BCUT2D eigenvalue weighted by Gasteiger charge is -2.11. The van der Waals surface area contributed by atoms with Crippen LogP contribution in [0.1, 0.15) is 28.4 Å². The summed E-state index contributed by atoms with van der Waals surface area (Å²) < 4.78 is 0. The van der Waals surface area contributed by atoms with Crippen molar-refractivity contribution in [1.29, 1.82) is 0 Å². The van der Waals surface area contributed by atoms with Gasteiger partial charge in [0.25, 0.3) is 0 Å². The first-order valence-corrected chi connectivity index (χ1v) is 7.88. The summed E-state index contributed by atoms with van der Waals surface area (Å²) in [6.45, 7) is 4.23. The molecule has 2 aromatic rings. The van der Waals surface area contributed by atoms with Crippen molar-refractivity contribution in [2.75, 3.05) is 11.5 Å². The Hall–Kier alpha value is -1.45. The topological polar surface area (TPSA) is 46.2 Å². The largest absolute Gasteiger partial charge is 0.399 e. The second kappa shape index (κ2) is 6.82. The molecule has 0 aromatic heterocycles. The zero-order chi connectivity index (χ0) is 14.5. The Labute approximate surface area is 125 Å². The maximum absolute atomic E-state index is 10.1. The molecule has 0 aliphatic heterocycles. The van der Waals surface area contributed by atoms with Gasteiger partial charge >= 0.3 is 0 Å². The number of aliphatic hydroxyl groups is 1. The molecule has 0 heterocycles. The summed E-state index contributed by atoms with van der Waals surface area (Å²) in [5.41, 5.74) is 11.2. The van der Waals surface area contributed by atoms with E-state index in [9.17, 15) is 5.11 Å². The van der Waals surface area contributed by atoms with Crippen LogP contribution in [-0.4, -0.2) is 10.9 Å². The van der Waals surface area contributed by atoms with Gasteiger partial charge in [-0.2, -0.15) is 11.8 Å². The molecule has 0 spiro atoms. The zero-order valence-corrected chi connectivity index (χ0v) is 12.8. The number of benzene rings is 2. The predicted molar refractivity (Wildman–Crippen MR) is 87.9 cm³/mol. The molecule has 3 heteroatoms. The monoisotopic (exact) mass is 287 g/mol. The van der Waals surface area contributed by atoms with Gasteiger partial charge in [0.15, 0.2) is 0 Å². The van der Waals surface area contributed by atoms with Crippen molar-refractivity contribution in [3.05, 3.63) is 64.7 Å². The molecule has 1 unspecified atom stereocenters. The molecular weight excluding hydrogens is 266 g/mol. The maximum Gasteiger partial charge on any atom is 0.0880 e. The van der Waals surface area contributed by atoms with E-state index in [1.54, 1.807) is 11.8 Å². The Morgan fingerprint density at radius 2 is 1.65 bits per heavy atom. The fourth-order valence-corrected chi connectivity index (χ4v) is 3.19. The SMILES string of the molecule is Cc1cc(C)cc(CSCC(O)c2ccc(N)cc2)c1. The molecule has 2 aromatic carbocycles. The zero-order valence-electron chi connectivity index (χ0n) is 12.0. The molecule has 0 fully saturated rings. The first-order chi connectivity index (χ1) is 9.54. The first kappa shape index (κ1) is 14.9. The predicted octanol–water partition coefficient (Wildman–Crippen LogP) is 3.85. The number of hydrogen-bond acceptors (Lipinski definition) is 3. The highest BCUT2D eigenvalue weighted by Gasteiger charge is 2.07. The third kappa shape index (κ3) is 4.29. The molecule has 0 amide bonds. The second-order valence-electron chi connectivity index (χ2n) is 5.19. The van der Waals surface area contributed by atoms with E-state index < -0.39 is 6.10 Å². The van der Waals surface area contributed by atoms with Gasteiger partial charge in [-0.1, -0.05) is 41.5 Å².